The summed E-state index contributed by atoms with van der Waals surface area (Å²) in [7, 11) is 0. The fourth-order valence-electron chi connectivity index (χ4n) is 1.14. The molecule has 0 spiro atoms. The number of aryl methyl sites for hydroxylation is 1. The molecule has 6 nitrogen and oxygen atoms in total. The Balaban J connectivity index is 2.75. The highest BCUT2D eigenvalue weighted by molar-refractivity contribution is 5.44. The third-order valence-electron chi connectivity index (χ3n) is 2.08. The fourth-order valence-corrected chi connectivity index (χ4v) is 1.14. The lowest BCUT2D eigenvalue weighted by Crippen LogP contribution is -2.35. The van der Waals surface area contributed by atoms with Gasteiger partial charge < -0.3 is 11.1 Å². The zero-order valence-electron chi connectivity index (χ0n) is 9.11. The molecule has 0 saturated carbocycles. The van der Waals surface area contributed by atoms with Gasteiger partial charge in [-0.3, -0.25) is 10.1 Å². The van der Waals surface area contributed by atoms with Crippen LogP contribution >= 0.6 is 0 Å². The van der Waals surface area contributed by atoms with Crippen molar-refractivity contribution >= 4 is 11.5 Å². The number of pyridine rings is 1. The minimum atomic E-state index is -3.03. The van der Waals surface area contributed by atoms with Crippen LogP contribution in [0.2, 0.25) is 0 Å². The van der Waals surface area contributed by atoms with Crippen molar-refractivity contribution in [2.24, 2.45) is 5.73 Å². The number of rotatable bonds is 5. The van der Waals surface area contributed by atoms with Crippen LogP contribution in [-0.2, 0) is 0 Å². The first-order valence-electron chi connectivity index (χ1n) is 4.79. The van der Waals surface area contributed by atoms with E-state index in [1.165, 1.54) is 19.1 Å². The van der Waals surface area contributed by atoms with Crippen LogP contribution in [0.1, 0.15) is 5.69 Å². The van der Waals surface area contributed by atoms with Gasteiger partial charge in [-0.1, -0.05) is 0 Å². The Morgan fingerprint density at radius 3 is 2.71 bits per heavy atom. The Hall–Kier alpha value is -1.83. The number of nitrogens with one attached hydrogen (secondary N) is 1. The van der Waals surface area contributed by atoms with Crippen molar-refractivity contribution in [3.63, 3.8) is 0 Å². The van der Waals surface area contributed by atoms with Gasteiger partial charge in [0.25, 0.3) is 11.6 Å². The molecule has 1 aromatic heterocycles. The van der Waals surface area contributed by atoms with E-state index in [2.05, 4.69) is 10.3 Å². The summed E-state index contributed by atoms with van der Waals surface area (Å²) in [5.74, 6) is -2.88. The molecule has 1 heterocycles. The molecule has 0 amide bonds. The van der Waals surface area contributed by atoms with Crippen molar-refractivity contribution in [3.05, 3.63) is 27.9 Å². The average Bonchev–Trinajstić information content (AvgIpc) is 2.26. The lowest BCUT2D eigenvalue weighted by molar-refractivity contribution is -0.385. The molecule has 0 aromatic carbocycles. The van der Waals surface area contributed by atoms with Gasteiger partial charge in [-0.2, -0.15) is 0 Å². The van der Waals surface area contributed by atoms with Crippen molar-refractivity contribution in [3.8, 4) is 0 Å². The van der Waals surface area contributed by atoms with Crippen LogP contribution in [0.3, 0.4) is 0 Å². The van der Waals surface area contributed by atoms with E-state index in [4.69, 9.17) is 5.73 Å². The minimum absolute atomic E-state index is 0.152. The normalized spacial score (nSPS) is 11.3. The average molecular weight is 246 g/mol. The maximum atomic E-state index is 12.8. The van der Waals surface area contributed by atoms with Crippen LogP contribution in [0.25, 0.3) is 0 Å². The number of halogens is 2. The Labute approximate surface area is 96.0 Å². The molecule has 0 aliphatic carbocycles. The van der Waals surface area contributed by atoms with E-state index < -0.39 is 23.9 Å². The summed E-state index contributed by atoms with van der Waals surface area (Å²) in [5, 5.41) is 12.9. The molecule has 8 heteroatoms. The minimum Gasteiger partial charge on any atom is -0.364 e. The predicted octanol–water partition coefficient (Wildman–Crippen LogP) is 1.30. The standard InChI is InChI=1S/C9H12F2N4O2/c1-6-7(15(16)17)2-3-8(14-6)13-5-9(10,11)4-12/h2-3H,4-5,12H2,1H3,(H,13,14). The summed E-state index contributed by atoms with van der Waals surface area (Å²) in [6.45, 7) is 0.00407. The van der Waals surface area contributed by atoms with Crippen LogP contribution < -0.4 is 11.1 Å². The van der Waals surface area contributed by atoms with E-state index >= 15 is 0 Å². The molecule has 0 saturated heterocycles. The third kappa shape index (κ3) is 3.59. The maximum Gasteiger partial charge on any atom is 0.290 e. The van der Waals surface area contributed by atoms with Gasteiger partial charge in [0.05, 0.1) is 18.0 Å². The van der Waals surface area contributed by atoms with Crippen LogP contribution in [0.15, 0.2) is 12.1 Å². The van der Waals surface area contributed by atoms with E-state index in [9.17, 15) is 18.9 Å². The van der Waals surface area contributed by atoms with E-state index in [-0.39, 0.29) is 17.2 Å². The topological polar surface area (TPSA) is 94.1 Å². The molecule has 94 valence electrons. The molecule has 1 aromatic rings. The second-order valence-electron chi connectivity index (χ2n) is 3.47. The quantitative estimate of drug-likeness (QED) is 0.603. The lowest BCUT2D eigenvalue weighted by Gasteiger charge is -2.14. The summed E-state index contributed by atoms with van der Waals surface area (Å²) in [6, 6.07) is 2.49. The van der Waals surface area contributed by atoms with Crippen LogP contribution in [0, 0.1) is 17.0 Å². The number of nitrogens with zero attached hydrogens (tertiary/aromatic N) is 2. The van der Waals surface area contributed by atoms with Crippen molar-refractivity contribution in [2.45, 2.75) is 12.8 Å². The Bertz CT molecular complexity index is 425. The van der Waals surface area contributed by atoms with Gasteiger partial charge in [-0.05, 0) is 13.0 Å². The number of anilines is 1. The number of hydrogen-bond acceptors (Lipinski definition) is 5. The van der Waals surface area contributed by atoms with E-state index in [0.717, 1.165) is 0 Å². The molecule has 0 aliphatic heterocycles. The van der Waals surface area contributed by atoms with Gasteiger partial charge in [0, 0.05) is 6.07 Å². The molecule has 17 heavy (non-hydrogen) atoms. The lowest BCUT2D eigenvalue weighted by atomic mass is 10.3. The fraction of sp³-hybridized carbons (Fsp3) is 0.444. The van der Waals surface area contributed by atoms with Crippen LogP contribution in [-0.4, -0.2) is 28.9 Å². The van der Waals surface area contributed by atoms with Crippen molar-refractivity contribution in [1.29, 1.82) is 0 Å². The third-order valence-corrected chi connectivity index (χ3v) is 2.08. The van der Waals surface area contributed by atoms with Crippen molar-refractivity contribution in [1.82, 2.24) is 4.98 Å². The molecule has 3 N–H and O–H groups in total. The summed E-state index contributed by atoms with van der Waals surface area (Å²) in [6.07, 6.45) is 0. The first-order chi connectivity index (χ1) is 7.85. The first kappa shape index (κ1) is 13.2. The van der Waals surface area contributed by atoms with Gasteiger partial charge in [0.15, 0.2) is 0 Å². The van der Waals surface area contributed by atoms with Gasteiger partial charge in [-0.25, -0.2) is 13.8 Å². The SMILES string of the molecule is Cc1nc(NCC(F)(F)CN)ccc1[N+](=O)[O-]. The largest absolute Gasteiger partial charge is 0.364 e. The number of nitrogens with two attached hydrogens (primary N) is 1. The summed E-state index contributed by atoms with van der Waals surface area (Å²) in [4.78, 5) is 13.7. The molecular weight excluding hydrogens is 234 g/mol. The Kier molecular flexibility index (Phi) is 3.89. The zero-order chi connectivity index (χ0) is 13.1. The zero-order valence-corrected chi connectivity index (χ0v) is 9.11. The second-order valence-corrected chi connectivity index (χ2v) is 3.47. The number of alkyl halides is 2. The van der Waals surface area contributed by atoms with Gasteiger partial charge in [0.1, 0.15) is 11.5 Å². The molecular formula is C9H12F2N4O2. The molecule has 0 atom stereocenters. The molecule has 0 fully saturated rings. The molecule has 0 aliphatic rings. The predicted molar refractivity (Wildman–Crippen MR) is 58.1 cm³/mol. The molecule has 0 radical (unpaired) electrons. The second kappa shape index (κ2) is 5.00. The molecule has 1 rings (SSSR count). The van der Waals surface area contributed by atoms with E-state index in [1.807, 2.05) is 0 Å². The Morgan fingerprint density at radius 1 is 1.59 bits per heavy atom. The van der Waals surface area contributed by atoms with Crippen molar-refractivity contribution in [2.75, 3.05) is 18.4 Å². The highest BCUT2D eigenvalue weighted by Crippen LogP contribution is 2.19. The highest BCUT2D eigenvalue weighted by atomic mass is 19.3. The number of nitro groups is 1. The van der Waals surface area contributed by atoms with E-state index in [0.29, 0.717) is 0 Å². The summed E-state index contributed by atoms with van der Waals surface area (Å²) >= 11 is 0. The molecule has 0 unspecified atom stereocenters. The van der Waals surface area contributed by atoms with E-state index in [1.54, 1.807) is 0 Å². The van der Waals surface area contributed by atoms with Gasteiger partial charge in [0.2, 0.25) is 0 Å². The van der Waals surface area contributed by atoms with Crippen molar-refractivity contribution < 1.29 is 13.7 Å². The first-order valence-corrected chi connectivity index (χ1v) is 4.79. The highest BCUT2D eigenvalue weighted by Gasteiger charge is 2.26. The monoisotopic (exact) mass is 246 g/mol. The van der Waals surface area contributed by atoms with Crippen LogP contribution in [0.5, 0.6) is 0 Å². The maximum absolute atomic E-state index is 12.8. The summed E-state index contributed by atoms with van der Waals surface area (Å²) in [5.41, 5.74) is 4.88. The van der Waals surface area contributed by atoms with Gasteiger partial charge in [-0.15, -0.1) is 0 Å². The molecule has 0 bridgehead atoms. The smallest absolute Gasteiger partial charge is 0.290 e. The number of aromatic nitrogens is 1. The Morgan fingerprint density at radius 2 is 2.24 bits per heavy atom. The number of hydrogen-bond donors (Lipinski definition) is 2. The van der Waals surface area contributed by atoms with Gasteiger partial charge >= 0.3 is 0 Å². The summed E-state index contributed by atoms with van der Waals surface area (Å²) < 4.78 is 25.6. The van der Waals surface area contributed by atoms with Crippen LogP contribution in [0.4, 0.5) is 20.3 Å².